The molecule has 1 aromatic rings. The Labute approximate surface area is 155 Å². The molecule has 25 heavy (non-hydrogen) atoms. The van der Waals surface area contributed by atoms with E-state index in [1.165, 1.54) is 0 Å². The van der Waals surface area contributed by atoms with Gasteiger partial charge in [-0.15, -0.1) is 5.10 Å². The molecule has 0 saturated heterocycles. The number of rotatable bonds is 9. The maximum Gasteiger partial charge on any atom is 0.273 e. The second-order valence-corrected chi connectivity index (χ2v) is 6.35. The van der Waals surface area contributed by atoms with Crippen molar-refractivity contribution in [3.8, 4) is 0 Å². The molecule has 1 N–H and O–H groups in total. The molecule has 0 bridgehead atoms. The zero-order valence-electron chi connectivity index (χ0n) is 15.0. The molecule has 4 nitrogen and oxygen atoms in total. The predicted octanol–water partition coefficient (Wildman–Crippen LogP) is 5.16. The van der Waals surface area contributed by atoms with Crippen molar-refractivity contribution in [1.82, 2.24) is 5.43 Å². The largest absolute Gasteiger partial charge is 0.488 e. The van der Waals surface area contributed by atoms with Crippen molar-refractivity contribution in [1.29, 1.82) is 0 Å². The number of hydrogen-bond acceptors (Lipinski definition) is 4. The summed E-state index contributed by atoms with van der Waals surface area (Å²) in [5.41, 5.74) is 4.18. The van der Waals surface area contributed by atoms with E-state index < -0.39 is 0 Å². The molecule has 136 valence electrons. The SMILES string of the molecule is CCCCOC1=CC(/C=C/c2ccc(Cl)cc2)NN=C1OCCCC. The van der Waals surface area contributed by atoms with Crippen molar-refractivity contribution in [2.24, 2.45) is 5.10 Å². The van der Waals surface area contributed by atoms with E-state index in [4.69, 9.17) is 21.1 Å². The van der Waals surface area contributed by atoms with Gasteiger partial charge in [0.05, 0.1) is 19.3 Å². The van der Waals surface area contributed by atoms with E-state index in [0.717, 1.165) is 36.3 Å². The Hall–Kier alpha value is -1.94. The molecule has 1 aromatic carbocycles. The summed E-state index contributed by atoms with van der Waals surface area (Å²) in [6.45, 7) is 5.60. The second-order valence-electron chi connectivity index (χ2n) is 5.92. The monoisotopic (exact) mass is 362 g/mol. The average Bonchev–Trinajstić information content (AvgIpc) is 2.63. The molecular weight excluding hydrogens is 336 g/mol. The zero-order chi connectivity index (χ0) is 17.9. The number of halogens is 1. The topological polar surface area (TPSA) is 42.8 Å². The van der Waals surface area contributed by atoms with E-state index in [-0.39, 0.29) is 6.04 Å². The van der Waals surface area contributed by atoms with Crippen LogP contribution >= 0.6 is 11.6 Å². The lowest BCUT2D eigenvalue weighted by molar-refractivity contribution is 0.196. The van der Waals surface area contributed by atoms with Crippen molar-refractivity contribution >= 4 is 23.6 Å². The van der Waals surface area contributed by atoms with E-state index >= 15 is 0 Å². The molecule has 1 heterocycles. The molecule has 0 amide bonds. The van der Waals surface area contributed by atoms with Crippen LogP contribution in [0.3, 0.4) is 0 Å². The fourth-order valence-corrected chi connectivity index (χ4v) is 2.33. The van der Waals surface area contributed by atoms with E-state index in [1.54, 1.807) is 0 Å². The lowest BCUT2D eigenvalue weighted by Crippen LogP contribution is -2.30. The Morgan fingerprint density at radius 2 is 1.76 bits per heavy atom. The highest BCUT2D eigenvalue weighted by atomic mass is 35.5. The van der Waals surface area contributed by atoms with Gasteiger partial charge in [0.25, 0.3) is 5.90 Å². The average molecular weight is 363 g/mol. The third kappa shape index (κ3) is 6.83. The van der Waals surface area contributed by atoms with E-state index in [2.05, 4.69) is 24.4 Å². The van der Waals surface area contributed by atoms with Crippen LogP contribution in [0.5, 0.6) is 0 Å². The fraction of sp³-hybridized carbons (Fsp3) is 0.450. The number of unbranched alkanes of at least 4 members (excludes halogenated alkanes) is 2. The molecule has 1 aliphatic heterocycles. The maximum atomic E-state index is 5.91. The van der Waals surface area contributed by atoms with Gasteiger partial charge >= 0.3 is 0 Å². The van der Waals surface area contributed by atoms with Crippen molar-refractivity contribution in [3.05, 3.63) is 52.8 Å². The van der Waals surface area contributed by atoms with Crippen LogP contribution in [0.25, 0.3) is 6.08 Å². The van der Waals surface area contributed by atoms with Crippen molar-refractivity contribution < 1.29 is 9.47 Å². The fourth-order valence-electron chi connectivity index (χ4n) is 2.20. The molecule has 5 heteroatoms. The Bertz CT molecular complexity index is 609. The van der Waals surface area contributed by atoms with Gasteiger partial charge in [0.1, 0.15) is 0 Å². The summed E-state index contributed by atoms with van der Waals surface area (Å²) in [5, 5.41) is 5.08. The molecule has 0 fully saturated rings. The van der Waals surface area contributed by atoms with Gasteiger partial charge in [-0.3, -0.25) is 5.43 Å². The first-order valence-corrected chi connectivity index (χ1v) is 9.35. The molecule has 0 aliphatic carbocycles. The summed E-state index contributed by atoms with van der Waals surface area (Å²) < 4.78 is 11.6. The number of nitrogens with zero attached hydrogens (tertiary/aromatic N) is 1. The smallest absolute Gasteiger partial charge is 0.273 e. The minimum atomic E-state index is -0.0363. The normalized spacial score (nSPS) is 17.0. The minimum Gasteiger partial charge on any atom is -0.488 e. The molecular formula is C20H27ClN2O2. The molecule has 1 atom stereocenters. The maximum absolute atomic E-state index is 5.91. The first-order valence-electron chi connectivity index (χ1n) is 8.97. The van der Waals surface area contributed by atoms with Gasteiger partial charge in [-0.05, 0) is 36.6 Å². The molecule has 0 saturated carbocycles. The van der Waals surface area contributed by atoms with E-state index in [0.29, 0.717) is 24.9 Å². The first-order chi connectivity index (χ1) is 12.2. The van der Waals surface area contributed by atoms with Gasteiger partial charge < -0.3 is 9.47 Å². The number of nitrogens with one attached hydrogen (secondary N) is 1. The van der Waals surface area contributed by atoms with Crippen LogP contribution in [0.15, 0.2) is 47.3 Å². The second kappa shape index (κ2) is 10.8. The predicted molar refractivity (Wildman–Crippen MR) is 105 cm³/mol. The molecule has 2 rings (SSSR count). The molecule has 0 spiro atoms. The van der Waals surface area contributed by atoms with Gasteiger partial charge in [0.2, 0.25) is 0 Å². The summed E-state index contributed by atoms with van der Waals surface area (Å²) in [5.74, 6) is 1.26. The molecule has 1 unspecified atom stereocenters. The third-order valence-corrected chi connectivity index (χ3v) is 3.97. The Morgan fingerprint density at radius 3 is 2.44 bits per heavy atom. The molecule has 1 aliphatic rings. The van der Waals surface area contributed by atoms with Gasteiger partial charge in [-0.25, -0.2) is 0 Å². The van der Waals surface area contributed by atoms with Crippen LogP contribution in [0.1, 0.15) is 45.1 Å². The van der Waals surface area contributed by atoms with Gasteiger partial charge in [-0.1, -0.05) is 62.6 Å². The number of hydrogen-bond donors (Lipinski definition) is 1. The van der Waals surface area contributed by atoms with Crippen LogP contribution < -0.4 is 5.43 Å². The lowest BCUT2D eigenvalue weighted by Gasteiger charge is -2.21. The summed E-state index contributed by atoms with van der Waals surface area (Å²) in [6.07, 6.45) is 10.3. The Balaban J connectivity index is 2.00. The minimum absolute atomic E-state index is 0.0363. The van der Waals surface area contributed by atoms with Crippen LogP contribution in [-0.4, -0.2) is 25.2 Å². The first kappa shape index (κ1) is 19.4. The van der Waals surface area contributed by atoms with Crippen LogP contribution in [-0.2, 0) is 9.47 Å². The zero-order valence-corrected chi connectivity index (χ0v) is 15.8. The summed E-state index contributed by atoms with van der Waals surface area (Å²) >= 11 is 5.91. The van der Waals surface area contributed by atoms with Crippen molar-refractivity contribution in [2.75, 3.05) is 13.2 Å². The molecule has 0 aromatic heterocycles. The van der Waals surface area contributed by atoms with Gasteiger partial charge in [-0.2, -0.15) is 0 Å². The van der Waals surface area contributed by atoms with Crippen LogP contribution in [0.4, 0.5) is 0 Å². The third-order valence-electron chi connectivity index (χ3n) is 3.72. The summed E-state index contributed by atoms with van der Waals surface area (Å²) in [7, 11) is 0. The summed E-state index contributed by atoms with van der Waals surface area (Å²) in [4.78, 5) is 0. The highest BCUT2D eigenvalue weighted by Crippen LogP contribution is 2.14. The number of hydrazone groups is 1. The van der Waals surface area contributed by atoms with Crippen LogP contribution in [0.2, 0.25) is 5.02 Å². The standard InChI is InChI=1S/C20H27ClN2O2/c1-3-5-13-24-19-15-18(22-23-20(19)25-14-6-4-2)12-9-16-7-10-17(21)11-8-16/h7-12,15,18,22H,3-6,13-14H2,1-2H3/b12-9+. The number of ether oxygens (including phenoxy) is 2. The van der Waals surface area contributed by atoms with Gasteiger partial charge in [0.15, 0.2) is 5.76 Å². The van der Waals surface area contributed by atoms with Crippen molar-refractivity contribution in [3.63, 3.8) is 0 Å². The Morgan fingerprint density at radius 1 is 1.08 bits per heavy atom. The highest BCUT2D eigenvalue weighted by Gasteiger charge is 2.18. The quantitative estimate of drug-likeness (QED) is 0.617. The molecule has 0 radical (unpaired) electrons. The van der Waals surface area contributed by atoms with Crippen molar-refractivity contribution in [2.45, 2.75) is 45.6 Å². The lowest BCUT2D eigenvalue weighted by atomic mass is 10.1. The highest BCUT2D eigenvalue weighted by molar-refractivity contribution is 6.30. The van der Waals surface area contributed by atoms with E-state index in [9.17, 15) is 0 Å². The van der Waals surface area contributed by atoms with Gasteiger partial charge in [0, 0.05) is 5.02 Å². The number of benzene rings is 1. The van der Waals surface area contributed by atoms with E-state index in [1.807, 2.05) is 42.5 Å². The van der Waals surface area contributed by atoms with Crippen LogP contribution in [0, 0.1) is 0 Å². The summed E-state index contributed by atoms with van der Waals surface area (Å²) in [6, 6.07) is 7.68. The Kier molecular flexibility index (Phi) is 8.40.